The van der Waals surface area contributed by atoms with E-state index in [0.29, 0.717) is 0 Å². The molecule has 0 amide bonds. The van der Waals surface area contributed by atoms with E-state index in [9.17, 15) is 5.11 Å². The molecule has 0 radical (unpaired) electrons. The van der Waals surface area contributed by atoms with Crippen LogP contribution in [-0.4, -0.2) is 30.0 Å². The molecule has 0 spiro atoms. The smallest absolute Gasteiger partial charge is 0.400 e. The maximum absolute atomic E-state index is 9.79. The monoisotopic (exact) mass is 316 g/mol. The molecule has 116 valence electrons. The summed E-state index contributed by atoms with van der Waals surface area (Å²) < 4.78 is 13.3. The van der Waals surface area contributed by atoms with E-state index >= 15 is 0 Å². The van der Waals surface area contributed by atoms with Crippen LogP contribution in [0.2, 0.25) is 0 Å². The van der Waals surface area contributed by atoms with Crippen molar-refractivity contribution in [1.82, 2.24) is 0 Å². The highest BCUT2D eigenvalue weighted by Gasteiger charge is 2.52. The molecule has 0 saturated carbocycles. The zero-order chi connectivity index (χ0) is 16.0. The number of thiophene rings is 1. The Morgan fingerprint density at radius 2 is 1.86 bits per heavy atom. The fourth-order valence-electron chi connectivity index (χ4n) is 2.51. The summed E-state index contributed by atoms with van der Waals surface area (Å²) in [6.07, 6.45) is 1.99. The molecule has 1 aliphatic rings. The summed E-state index contributed by atoms with van der Waals surface area (Å²) in [7, 11) is -0.509. The van der Waals surface area contributed by atoms with Crippen molar-refractivity contribution in [1.29, 1.82) is 0 Å². The van der Waals surface area contributed by atoms with Gasteiger partial charge in [-0.2, -0.15) is 0 Å². The van der Waals surface area contributed by atoms with Gasteiger partial charge in [-0.25, -0.2) is 0 Å². The molecule has 1 aromatic carbocycles. The molecular formula is C17H21BO3S. The first-order chi connectivity index (χ1) is 10.3. The summed E-state index contributed by atoms with van der Waals surface area (Å²) in [6.45, 7) is 7.98. The van der Waals surface area contributed by atoms with Crippen molar-refractivity contribution in [3.63, 3.8) is 0 Å². The molecule has 1 N–H and O–H groups in total. The molecule has 3 nitrogen and oxygen atoms in total. The summed E-state index contributed by atoms with van der Waals surface area (Å²) in [5.74, 6) is 0. The third kappa shape index (κ3) is 2.63. The second kappa shape index (κ2) is 5.50. The van der Waals surface area contributed by atoms with Crippen LogP contribution in [0.3, 0.4) is 0 Å². The van der Waals surface area contributed by atoms with Crippen LogP contribution >= 0.6 is 11.3 Å². The van der Waals surface area contributed by atoms with Crippen LogP contribution in [0, 0.1) is 0 Å². The van der Waals surface area contributed by atoms with E-state index in [4.69, 9.17) is 9.31 Å². The average molecular weight is 316 g/mol. The van der Waals surface area contributed by atoms with Crippen LogP contribution in [0.1, 0.15) is 33.3 Å². The van der Waals surface area contributed by atoms with Gasteiger partial charge in [-0.1, -0.05) is 24.3 Å². The van der Waals surface area contributed by atoms with Crippen LogP contribution in [-0.2, 0) is 9.31 Å². The standard InChI is InChI=1S/C17H21BO3S/c1-16(2)17(3,4)21-18(20-16)14(11-19)10-13-7-5-6-12-8-9-22-15(12)13/h5-10,19H,11H2,1-4H3. The minimum Gasteiger partial charge on any atom is -0.400 e. The van der Waals surface area contributed by atoms with Crippen molar-refractivity contribution in [3.8, 4) is 0 Å². The SMILES string of the molecule is CC1(C)OB(C(=Cc2cccc3ccsc23)CO)OC1(C)C. The Bertz CT molecular complexity index is 702. The fourth-order valence-corrected chi connectivity index (χ4v) is 3.40. The first-order valence-corrected chi connectivity index (χ1v) is 8.35. The Morgan fingerprint density at radius 1 is 1.18 bits per heavy atom. The lowest BCUT2D eigenvalue weighted by Crippen LogP contribution is -2.41. The van der Waals surface area contributed by atoms with E-state index in [1.807, 2.05) is 39.8 Å². The van der Waals surface area contributed by atoms with E-state index in [1.54, 1.807) is 11.3 Å². The van der Waals surface area contributed by atoms with Crippen LogP contribution in [0.5, 0.6) is 0 Å². The third-order valence-electron chi connectivity index (χ3n) is 4.59. The molecule has 2 heterocycles. The lowest BCUT2D eigenvalue weighted by Gasteiger charge is -2.32. The molecule has 0 aliphatic carbocycles. The Balaban J connectivity index is 1.97. The van der Waals surface area contributed by atoms with Gasteiger partial charge in [0.2, 0.25) is 0 Å². The van der Waals surface area contributed by atoms with Gasteiger partial charge in [0, 0.05) is 4.70 Å². The largest absolute Gasteiger partial charge is 0.492 e. The summed E-state index contributed by atoms with van der Waals surface area (Å²) in [5, 5.41) is 13.1. The number of aliphatic hydroxyl groups excluding tert-OH is 1. The number of fused-ring (bicyclic) bond motifs is 1. The maximum Gasteiger partial charge on any atom is 0.492 e. The van der Waals surface area contributed by atoms with Crippen molar-refractivity contribution < 1.29 is 14.4 Å². The Labute approximate surface area is 135 Å². The highest BCUT2D eigenvalue weighted by atomic mass is 32.1. The molecule has 1 aliphatic heterocycles. The summed E-state index contributed by atoms with van der Waals surface area (Å²) >= 11 is 1.70. The molecule has 5 heteroatoms. The third-order valence-corrected chi connectivity index (χ3v) is 5.57. The molecule has 0 atom stereocenters. The second-order valence-electron chi connectivity index (χ2n) is 6.65. The Hall–Kier alpha value is -1.14. The molecule has 3 rings (SSSR count). The molecular weight excluding hydrogens is 295 g/mol. The quantitative estimate of drug-likeness (QED) is 0.873. The highest BCUT2D eigenvalue weighted by molar-refractivity contribution is 7.17. The van der Waals surface area contributed by atoms with Crippen molar-refractivity contribution in [2.24, 2.45) is 0 Å². The molecule has 1 saturated heterocycles. The van der Waals surface area contributed by atoms with Crippen molar-refractivity contribution >= 4 is 34.6 Å². The maximum atomic E-state index is 9.79. The normalized spacial score (nSPS) is 20.8. The highest BCUT2D eigenvalue weighted by Crippen LogP contribution is 2.39. The van der Waals surface area contributed by atoms with Gasteiger partial charge in [-0.15, -0.1) is 11.3 Å². The molecule has 0 unspecified atom stereocenters. The van der Waals surface area contributed by atoms with Gasteiger partial charge in [0.1, 0.15) is 0 Å². The number of aliphatic hydroxyl groups is 1. The van der Waals surface area contributed by atoms with Crippen LogP contribution in [0.4, 0.5) is 0 Å². The van der Waals surface area contributed by atoms with E-state index in [0.717, 1.165) is 11.0 Å². The number of rotatable bonds is 3. The van der Waals surface area contributed by atoms with E-state index in [-0.39, 0.29) is 6.61 Å². The minimum atomic E-state index is -0.509. The number of hydrogen-bond acceptors (Lipinski definition) is 4. The first kappa shape index (κ1) is 15.7. The van der Waals surface area contributed by atoms with Gasteiger partial charge in [-0.05, 0) is 55.6 Å². The van der Waals surface area contributed by atoms with Crippen LogP contribution in [0.15, 0.2) is 35.1 Å². The predicted molar refractivity (Wildman–Crippen MR) is 93.0 cm³/mol. The van der Waals surface area contributed by atoms with E-state index < -0.39 is 18.3 Å². The summed E-state index contributed by atoms with van der Waals surface area (Å²) in [4.78, 5) is 0. The van der Waals surface area contributed by atoms with Gasteiger partial charge in [0.05, 0.1) is 17.8 Å². The van der Waals surface area contributed by atoms with Crippen molar-refractivity contribution in [3.05, 3.63) is 40.7 Å². The van der Waals surface area contributed by atoms with Gasteiger partial charge in [-0.3, -0.25) is 0 Å². The van der Waals surface area contributed by atoms with E-state index in [2.05, 4.69) is 23.6 Å². The van der Waals surface area contributed by atoms with Crippen molar-refractivity contribution in [2.45, 2.75) is 38.9 Å². The average Bonchev–Trinajstić information content (AvgIpc) is 2.99. The molecule has 1 aromatic heterocycles. The molecule has 0 bridgehead atoms. The number of hydrogen-bond donors (Lipinski definition) is 1. The topological polar surface area (TPSA) is 38.7 Å². The lowest BCUT2D eigenvalue weighted by molar-refractivity contribution is 0.00578. The van der Waals surface area contributed by atoms with Gasteiger partial charge >= 0.3 is 7.12 Å². The second-order valence-corrected chi connectivity index (χ2v) is 7.57. The zero-order valence-electron chi connectivity index (χ0n) is 13.4. The minimum absolute atomic E-state index is 0.0847. The zero-order valence-corrected chi connectivity index (χ0v) is 14.2. The van der Waals surface area contributed by atoms with Gasteiger partial charge < -0.3 is 14.4 Å². The Morgan fingerprint density at radius 3 is 2.50 bits per heavy atom. The van der Waals surface area contributed by atoms with Crippen molar-refractivity contribution in [2.75, 3.05) is 6.61 Å². The number of benzene rings is 1. The van der Waals surface area contributed by atoms with E-state index in [1.165, 1.54) is 10.1 Å². The van der Waals surface area contributed by atoms with Crippen LogP contribution < -0.4 is 0 Å². The molecule has 2 aromatic rings. The summed E-state index contributed by atoms with van der Waals surface area (Å²) in [6, 6.07) is 8.28. The Kier molecular flexibility index (Phi) is 3.93. The lowest BCUT2D eigenvalue weighted by atomic mass is 9.77. The van der Waals surface area contributed by atoms with Gasteiger partial charge in [0.25, 0.3) is 0 Å². The molecule has 1 fully saturated rings. The predicted octanol–water partition coefficient (Wildman–Crippen LogP) is 3.91. The van der Waals surface area contributed by atoms with Gasteiger partial charge in [0.15, 0.2) is 0 Å². The first-order valence-electron chi connectivity index (χ1n) is 7.47. The van der Waals surface area contributed by atoms with Crippen LogP contribution in [0.25, 0.3) is 16.2 Å². The fraction of sp³-hybridized carbons (Fsp3) is 0.412. The summed E-state index contributed by atoms with van der Waals surface area (Å²) in [5.41, 5.74) is 1.03. The molecule has 22 heavy (non-hydrogen) atoms.